The lowest BCUT2D eigenvalue weighted by Crippen LogP contribution is -2.29. The second kappa shape index (κ2) is 7.14. The van der Waals surface area contributed by atoms with Crippen LogP contribution in [0, 0.1) is 0 Å². The number of rotatable bonds is 5. The lowest BCUT2D eigenvalue weighted by Gasteiger charge is -2.18. The maximum Gasteiger partial charge on any atom is 0.268 e. The van der Waals surface area contributed by atoms with Crippen LogP contribution in [0.5, 0.6) is 0 Å². The number of halogens is 2. The molecular weight excluding hydrogens is 352 g/mol. The highest BCUT2D eigenvalue weighted by Gasteiger charge is 2.17. The lowest BCUT2D eigenvalue weighted by atomic mass is 10.0. The summed E-state index contributed by atoms with van der Waals surface area (Å²) in [4.78, 5) is 12.5. The minimum atomic E-state index is -0.0654. The van der Waals surface area contributed by atoms with Gasteiger partial charge in [0.15, 0.2) is 0 Å². The number of benzene rings is 1. The van der Waals surface area contributed by atoms with Crippen LogP contribution >= 0.6 is 27.5 Å². The number of hydrogen-bond acceptors (Lipinski definition) is 1. The second-order valence-corrected chi connectivity index (χ2v) is 6.17. The topological polar surface area (TPSA) is 34.0 Å². The van der Waals surface area contributed by atoms with E-state index in [1.54, 1.807) is 0 Å². The molecule has 3 nitrogen and oxygen atoms in total. The number of hydrogen-bond donors (Lipinski definition) is 1. The van der Waals surface area contributed by atoms with Crippen molar-refractivity contribution in [3.8, 4) is 0 Å². The van der Waals surface area contributed by atoms with E-state index in [4.69, 9.17) is 11.6 Å². The number of aromatic nitrogens is 1. The van der Waals surface area contributed by atoms with E-state index in [1.165, 1.54) is 0 Å². The van der Waals surface area contributed by atoms with Gasteiger partial charge in [-0.3, -0.25) is 4.79 Å². The Morgan fingerprint density at radius 3 is 2.57 bits per heavy atom. The molecule has 0 fully saturated rings. The van der Waals surface area contributed by atoms with Gasteiger partial charge in [0.2, 0.25) is 0 Å². The molecule has 1 amide bonds. The largest absolute Gasteiger partial charge is 0.344 e. The number of amides is 1. The van der Waals surface area contributed by atoms with Gasteiger partial charge in [-0.2, -0.15) is 0 Å². The Morgan fingerprint density at radius 2 is 2.00 bits per heavy atom. The summed E-state index contributed by atoms with van der Waals surface area (Å²) in [5, 5.41) is 3.78. The number of nitrogens with zero attached hydrogens (tertiary/aromatic N) is 1. The molecule has 1 aromatic carbocycles. The molecule has 1 aromatic heterocycles. The molecule has 0 aliphatic rings. The van der Waals surface area contributed by atoms with Crippen molar-refractivity contribution in [1.82, 2.24) is 9.88 Å². The Morgan fingerprint density at radius 1 is 1.33 bits per heavy atom. The summed E-state index contributed by atoms with van der Waals surface area (Å²) in [7, 11) is 0. The van der Waals surface area contributed by atoms with E-state index in [0.29, 0.717) is 10.7 Å². The van der Waals surface area contributed by atoms with Gasteiger partial charge in [0.25, 0.3) is 5.91 Å². The van der Waals surface area contributed by atoms with E-state index < -0.39 is 0 Å². The van der Waals surface area contributed by atoms with Crippen molar-refractivity contribution < 1.29 is 4.79 Å². The average molecular weight is 370 g/mol. The molecule has 1 N–H and O–H groups in total. The van der Waals surface area contributed by atoms with Gasteiger partial charge in [-0.15, -0.1) is 0 Å². The molecule has 1 unspecified atom stereocenters. The highest BCUT2D eigenvalue weighted by Crippen LogP contribution is 2.21. The van der Waals surface area contributed by atoms with E-state index in [9.17, 15) is 4.79 Å². The van der Waals surface area contributed by atoms with Gasteiger partial charge < -0.3 is 9.88 Å². The normalized spacial score (nSPS) is 12.2. The Balaban J connectivity index is 2.18. The summed E-state index contributed by atoms with van der Waals surface area (Å²) in [6, 6.07) is 9.41. The maximum absolute atomic E-state index is 12.5. The second-order valence-electron chi connectivity index (χ2n) is 4.82. The molecule has 1 atom stereocenters. The van der Waals surface area contributed by atoms with Gasteiger partial charge in [0.05, 0.1) is 6.04 Å². The van der Waals surface area contributed by atoms with E-state index in [-0.39, 0.29) is 11.9 Å². The Kier molecular flexibility index (Phi) is 5.48. The maximum atomic E-state index is 12.5. The number of aryl methyl sites for hydroxylation is 1. The van der Waals surface area contributed by atoms with Crippen LogP contribution < -0.4 is 5.32 Å². The summed E-state index contributed by atoms with van der Waals surface area (Å²) in [6.45, 7) is 4.82. The predicted molar refractivity (Wildman–Crippen MR) is 89.8 cm³/mol. The molecule has 0 saturated heterocycles. The van der Waals surface area contributed by atoms with Crippen LogP contribution in [-0.2, 0) is 6.54 Å². The first kappa shape index (κ1) is 16.1. The van der Waals surface area contributed by atoms with Crippen LogP contribution in [0.15, 0.2) is 41.0 Å². The molecule has 2 aromatic rings. The first-order valence-corrected chi connectivity index (χ1v) is 8.14. The zero-order valence-corrected chi connectivity index (χ0v) is 14.4. The van der Waals surface area contributed by atoms with E-state index >= 15 is 0 Å². The Labute approximate surface area is 138 Å². The van der Waals surface area contributed by atoms with Gasteiger partial charge >= 0.3 is 0 Å². The SMILES string of the molecule is CCC(NC(=O)c1cc(Br)cn1CC)c1ccc(Cl)cc1. The quantitative estimate of drug-likeness (QED) is 0.806. The Bertz CT molecular complexity index is 622. The number of carbonyl (C=O) groups is 1. The first-order chi connectivity index (χ1) is 10.0. The summed E-state index contributed by atoms with van der Waals surface area (Å²) in [5.41, 5.74) is 1.72. The van der Waals surface area contributed by atoms with E-state index in [0.717, 1.165) is 23.0 Å². The minimum Gasteiger partial charge on any atom is -0.344 e. The zero-order valence-electron chi connectivity index (χ0n) is 12.1. The smallest absolute Gasteiger partial charge is 0.268 e. The van der Waals surface area contributed by atoms with Gasteiger partial charge in [-0.05, 0) is 53.0 Å². The van der Waals surface area contributed by atoms with Crippen molar-refractivity contribution in [3.05, 3.63) is 57.3 Å². The van der Waals surface area contributed by atoms with Crippen LogP contribution in [0.25, 0.3) is 0 Å². The van der Waals surface area contributed by atoms with E-state index in [1.807, 2.05) is 54.9 Å². The van der Waals surface area contributed by atoms with Crippen molar-refractivity contribution in [3.63, 3.8) is 0 Å². The molecule has 0 aliphatic carbocycles. The average Bonchev–Trinajstić information content (AvgIpc) is 2.87. The molecular formula is C16H18BrClN2O. The highest BCUT2D eigenvalue weighted by molar-refractivity contribution is 9.10. The fourth-order valence-electron chi connectivity index (χ4n) is 2.28. The molecule has 0 aliphatic heterocycles. The van der Waals surface area contributed by atoms with Gasteiger partial charge in [-0.25, -0.2) is 0 Å². The van der Waals surface area contributed by atoms with Crippen molar-refractivity contribution in [1.29, 1.82) is 0 Å². The molecule has 0 saturated carbocycles. The van der Waals surface area contributed by atoms with Crippen LogP contribution in [0.3, 0.4) is 0 Å². The first-order valence-electron chi connectivity index (χ1n) is 6.97. The predicted octanol–water partition coefficient (Wildman–Crippen LogP) is 4.81. The number of carbonyl (C=O) groups excluding carboxylic acids is 1. The lowest BCUT2D eigenvalue weighted by molar-refractivity contribution is 0.0926. The third kappa shape index (κ3) is 3.89. The molecule has 1 heterocycles. The molecule has 0 spiro atoms. The van der Waals surface area contributed by atoms with Crippen molar-refractivity contribution in [2.24, 2.45) is 0 Å². The third-order valence-corrected chi connectivity index (χ3v) is 4.11. The van der Waals surface area contributed by atoms with Crippen LogP contribution in [-0.4, -0.2) is 10.5 Å². The van der Waals surface area contributed by atoms with Crippen LogP contribution in [0.4, 0.5) is 0 Å². The molecule has 0 bridgehead atoms. The van der Waals surface area contributed by atoms with Gasteiger partial charge in [-0.1, -0.05) is 30.7 Å². The van der Waals surface area contributed by atoms with Gasteiger partial charge in [0, 0.05) is 22.2 Å². The third-order valence-electron chi connectivity index (χ3n) is 3.42. The van der Waals surface area contributed by atoms with E-state index in [2.05, 4.69) is 21.2 Å². The van der Waals surface area contributed by atoms with Crippen molar-refractivity contribution in [2.45, 2.75) is 32.9 Å². The molecule has 112 valence electrons. The van der Waals surface area contributed by atoms with Crippen LogP contribution in [0.2, 0.25) is 5.02 Å². The summed E-state index contributed by atoms with van der Waals surface area (Å²) in [6.07, 6.45) is 2.74. The standard InChI is InChI=1S/C16H18BrClN2O/c1-3-14(11-5-7-13(18)8-6-11)19-16(21)15-9-12(17)10-20(15)4-2/h5-10,14H,3-4H2,1-2H3,(H,19,21). The van der Waals surface area contributed by atoms with Crippen molar-refractivity contribution in [2.75, 3.05) is 0 Å². The monoisotopic (exact) mass is 368 g/mol. The number of nitrogens with one attached hydrogen (secondary N) is 1. The van der Waals surface area contributed by atoms with Crippen LogP contribution in [0.1, 0.15) is 42.4 Å². The molecule has 2 rings (SSSR count). The summed E-state index contributed by atoms with van der Waals surface area (Å²) >= 11 is 9.32. The fourth-order valence-corrected chi connectivity index (χ4v) is 2.87. The van der Waals surface area contributed by atoms with Crippen molar-refractivity contribution >= 4 is 33.4 Å². The fraction of sp³-hybridized carbons (Fsp3) is 0.312. The summed E-state index contributed by atoms with van der Waals surface area (Å²) in [5.74, 6) is -0.0654. The van der Waals surface area contributed by atoms with Gasteiger partial charge in [0.1, 0.15) is 5.69 Å². The zero-order chi connectivity index (χ0) is 15.4. The molecule has 5 heteroatoms. The minimum absolute atomic E-state index is 0.0197. The highest BCUT2D eigenvalue weighted by atomic mass is 79.9. The Hall–Kier alpha value is -1.26. The molecule has 0 radical (unpaired) electrons. The molecule has 21 heavy (non-hydrogen) atoms. The summed E-state index contributed by atoms with van der Waals surface area (Å²) < 4.78 is 2.84.